The van der Waals surface area contributed by atoms with Crippen molar-refractivity contribution in [1.29, 1.82) is 0 Å². The molecule has 0 aliphatic carbocycles. The zero-order chi connectivity index (χ0) is 13.3. The van der Waals surface area contributed by atoms with Crippen LogP contribution in [0.25, 0.3) is 10.4 Å². The van der Waals surface area contributed by atoms with Gasteiger partial charge in [-0.15, -0.1) is 11.3 Å². The Morgan fingerprint density at radius 3 is 2.56 bits per heavy atom. The zero-order valence-electron chi connectivity index (χ0n) is 10.3. The van der Waals surface area contributed by atoms with Crippen LogP contribution in [0.5, 0.6) is 0 Å². The molecular formula is C14H15ClFNS. The Balaban J connectivity index is 2.35. The molecule has 0 radical (unpaired) electrons. The van der Waals surface area contributed by atoms with Gasteiger partial charge in [-0.25, -0.2) is 4.39 Å². The number of nitrogens with two attached hydrogens (primary N) is 1. The van der Waals surface area contributed by atoms with Gasteiger partial charge >= 0.3 is 0 Å². The van der Waals surface area contributed by atoms with Crippen molar-refractivity contribution in [2.45, 2.75) is 19.9 Å². The molecule has 0 saturated heterocycles. The van der Waals surface area contributed by atoms with E-state index in [1.165, 1.54) is 12.1 Å². The largest absolute Gasteiger partial charge is 0.323 e. The van der Waals surface area contributed by atoms with Gasteiger partial charge in [0.1, 0.15) is 5.82 Å². The summed E-state index contributed by atoms with van der Waals surface area (Å²) in [6.07, 6.45) is 0. The van der Waals surface area contributed by atoms with E-state index in [1.807, 2.05) is 12.1 Å². The summed E-state index contributed by atoms with van der Waals surface area (Å²) in [6.45, 7) is 4.18. The normalized spacial score (nSPS) is 13.0. The fraction of sp³-hybridized carbons (Fsp3) is 0.286. The maximum Gasteiger partial charge on any atom is 0.124 e. The van der Waals surface area contributed by atoms with Gasteiger partial charge in [-0.1, -0.05) is 25.4 Å². The first-order valence-corrected chi connectivity index (χ1v) is 6.99. The molecule has 18 heavy (non-hydrogen) atoms. The molecule has 1 unspecified atom stereocenters. The number of hydrogen-bond donors (Lipinski definition) is 1. The van der Waals surface area contributed by atoms with Gasteiger partial charge in [0.2, 0.25) is 0 Å². The van der Waals surface area contributed by atoms with E-state index >= 15 is 0 Å². The second-order valence-electron chi connectivity index (χ2n) is 4.60. The van der Waals surface area contributed by atoms with Gasteiger partial charge in [0.15, 0.2) is 0 Å². The summed E-state index contributed by atoms with van der Waals surface area (Å²) >= 11 is 7.66. The summed E-state index contributed by atoms with van der Waals surface area (Å²) in [7, 11) is 0. The van der Waals surface area contributed by atoms with Gasteiger partial charge in [0.05, 0.1) is 5.02 Å². The van der Waals surface area contributed by atoms with Crippen LogP contribution in [-0.2, 0) is 0 Å². The van der Waals surface area contributed by atoms with Crippen molar-refractivity contribution in [3.8, 4) is 10.4 Å². The highest BCUT2D eigenvalue weighted by Gasteiger charge is 2.14. The van der Waals surface area contributed by atoms with Crippen LogP contribution < -0.4 is 5.73 Å². The average Bonchev–Trinajstić information content (AvgIpc) is 2.77. The van der Waals surface area contributed by atoms with Crippen molar-refractivity contribution in [2.24, 2.45) is 11.7 Å². The van der Waals surface area contributed by atoms with Crippen LogP contribution in [0.3, 0.4) is 0 Å². The van der Waals surface area contributed by atoms with Crippen LogP contribution in [0.1, 0.15) is 24.8 Å². The van der Waals surface area contributed by atoms with Crippen LogP contribution in [0, 0.1) is 11.7 Å². The Kier molecular flexibility index (Phi) is 4.05. The lowest BCUT2D eigenvalue weighted by molar-refractivity contribution is 0.521. The van der Waals surface area contributed by atoms with Gasteiger partial charge in [-0.05, 0) is 36.2 Å². The third-order valence-electron chi connectivity index (χ3n) is 2.87. The third kappa shape index (κ3) is 2.74. The van der Waals surface area contributed by atoms with Gasteiger partial charge in [-0.3, -0.25) is 0 Å². The molecule has 0 bridgehead atoms. The van der Waals surface area contributed by atoms with E-state index in [9.17, 15) is 4.39 Å². The molecule has 0 saturated carbocycles. The first kappa shape index (κ1) is 13.5. The molecular weight excluding hydrogens is 269 g/mol. The quantitative estimate of drug-likeness (QED) is 0.855. The second-order valence-corrected chi connectivity index (χ2v) is 6.12. The highest BCUT2D eigenvalue weighted by molar-refractivity contribution is 7.15. The second kappa shape index (κ2) is 5.39. The summed E-state index contributed by atoms with van der Waals surface area (Å²) in [4.78, 5) is 2.14. The number of thiophene rings is 1. The van der Waals surface area contributed by atoms with Gasteiger partial charge in [0.25, 0.3) is 0 Å². The van der Waals surface area contributed by atoms with E-state index in [-0.39, 0.29) is 11.9 Å². The Bertz CT molecular complexity index is 550. The first-order chi connectivity index (χ1) is 8.49. The maximum absolute atomic E-state index is 13.0. The Morgan fingerprint density at radius 1 is 1.22 bits per heavy atom. The standard InChI is InChI=1S/C14H15ClFNS/c1-8(2)14(17)13-6-5-12(18-13)10-4-3-9(16)7-11(10)15/h3-8,14H,17H2,1-2H3. The molecule has 1 atom stereocenters. The molecule has 96 valence electrons. The van der Waals surface area contributed by atoms with E-state index in [4.69, 9.17) is 17.3 Å². The van der Waals surface area contributed by atoms with E-state index in [2.05, 4.69) is 13.8 Å². The predicted molar refractivity (Wildman–Crippen MR) is 76.5 cm³/mol. The van der Waals surface area contributed by atoms with Crippen molar-refractivity contribution in [3.63, 3.8) is 0 Å². The smallest absolute Gasteiger partial charge is 0.124 e. The molecule has 4 heteroatoms. The monoisotopic (exact) mass is 283 g/mol. The molecule has 0 spiro atoms. The number of rotatable bonds is 3. The van der Waals surface area contributed by atoms with Crippen LogP contribution in [-0.4, -0.2) is 0 Å². The van der Waals surface area contributed by atoms with Crippen molar-refractivity contribution in [1.82, 2.24) is 0 Å². The van der Waals surface area contributed by atoms with Gasteiger partial charge in [-0.2, -0.15) is 0 Å². The average molecular weight is 284 g/mol. The van der Waals surface area contributed by atoms with Crippen molar-refractivity contribution in [3.05, 3.63) is 46.0 Å². The first-order valence-electron chi connectivity index (χ1n) is 5.79. The number of hydrogen-bond acceptors (Lipinski definition) is 2. The van der Waals surface area contributed by atoms with Crippen molar-refractivity contribution in [2.75, 3.05) is 0 Å². The van der Waals surface area contributed by atoms with E-state index < -0.39 is 0 Å². The highest BCUT2D eigenvalue weighted by atomic mass is 35.5. The minimum atomic E-state index is -0.320. The fourth-order valence-corrected chi connectivity index (χ4v) is 3.24. The molecule has 0 amide bonds. The Morgan fingerprint density at radius 2 is 1.94 bits per heavy atom. The van der Waals surface area contributed by atoms with Crippen LogP contribution in [0.4, 0.5) is 4.39 Å². The van der Waals surface area contributed by atoms with E-state index in [0.717, 1.165) is 15.3 Å². The molecule has 2 N–H and O–H groups in total. The molecule has 0 fully saturated rings. The minimum Gasteiger partial charge on any atom is -0.323 e. The Labute approximate surface area is 115 Å². The topological polar surface area (TPSA) is 26.0 Å². The van der Waals surface area contributed by atoms with E-state index in [0.29, 0.717) is 10.9 Å². The highest BCUT2D eigenvalue weighted by Crippen LogP contribution is 2.36. The number of halogens is 2. The minimum absolute atomic E-state index is 0.0305. The summed E-state index contributed by atoms with van der Waals surface area (Å²) < 4.78 is 13.0. The van der Waals surface area contributed by atoms with E-state index in [1.54, 1.807) is 17.4 Å². The zero-order valence-corrected chi connectivity index (χ0v) is 11.9. The molecule has 1 heterocycles. The van der Waals surface area contributed by atoms with Gasteiger partial charge in [0, 0.05) is 21.4 Å². The molecule has 0 aliphatic heterocycles. The lowest BCUT2D eigenvalue weighted by atomic mass is 10.0. The molecule has 2 rings (SSSR count). The summed E-state index contributed by atoms with van der Waals surface area (Å²) in [5, 5.41) is 0.432. The molecule has 2 aromatic rings. The summed E-state index contributed by atoms with van der Waals surface area (Å²) in [6, 6.07) is 8.49. The maximum atomic E-state index is 13.0. The third-order valence-corrected chi connectivity index (χ3v) is 4.40. The lowest BCUT2D eigenvalue weighted by Gasteiger charge is -2.12. The molecule has 1 aromatic carbocycles. The fourth-order valence-electron chi connectivity index (χ4n) is 1.69. The summed E-state index contributed by atoms with van der Waals surface area (Å²) in [5.74, 6) is 0.0691. The van der Waals surface area contributed by atoms with Crippen LogP contribution in [0.15, 0.2) is 30.3 Å². The van der Waals surface area contributed by atoms with Crippen LogP contribution in [0.2, 0.25) is 5.02 Å². The lowest BCUT2D eigenvalue weighted by Crippen LogP contribution is -2.14. The molecule has 0 aliphatic rings. The molecule has 1 nitrogen and oxygen atoms in total. The van der Waals surface area contributed by atoms with Gasteiger partial charge < -0.3 is 5.73 Å². The Hall–Kier alpha value is -0.900. The molecule has 1 aromatic heterocycles. The van der Waals surface area contributed by atoms with Crippen molar-refractivity contribution >= 4 is 22.9 Å². The summed E-state index contributed by atoms with van der Waals surface area (Å²) in [5.41, 5.74) is 6.96. The van der Waals surface area contributed by atoms with Crippen LogP contribution >= 0.6 is 22.9 Å². The van der Waals surface area contributed by atoms with Crippen molar-refractivity contribution < 1.29 is 4.39 Å². The number of benzene rings is 1. The SMILES string of the molecule is CC(C)C(N)c1ccc(-c2ccc(F)cc2Cl)s1. The predicted octanol–water partition coefficient (Wildman–Crippen LogP) is 4.86.